The molecule has 0 amide bonds. The molecule has 0 saturated carbocycles. The minimum atomic E-state index is -0.849. The summed E-state index contributed by atoms with van der Waals surface area (Å²) in [5, 5.41) is 19.1. The van der Waals surface area contributed by atoms with Gasteiger partial charge in [-0.1, -0.05) is 42.5 Å². The van der Waals surface area contributed by atoms with Gasteiger partial charge >= 0.3 is 0 Å². The van der Waals surface area contributed by atoms with Crippen molar-refractivity contribution in [2.45, 2.75) is 12.5 Å². The van der Waals surface area contributed by atoms with Crippen LogP contribution in [0.3, 0.4) is 0 Å². The van der Waals surface area contributed by atoms with E-state index in [1.807, 2.05) is 6.07 Å². The third kappa shape index (κ3) is 2.96. The lowest BCUT2D eigenvalue weighted by molar-refractivity contribution is 0.0880. The molecule has 3 nitrogen and oxygen atoms in total. The summed E-state index contributed by atoms with van der Waals surface area (Å²) in [6.45, 7) is 0. The highest BCUT2D eigenvalue weighted by atomic mass is 16.3. The van der Waals surface area contributed by atoms with E-state index in [1.165, 1.54) is 12.1 Å². The summed E-state index contributed by atoms with van der Waals surface area (Å²) in [7, 11) is 0. The molecule has 0 aromatic heterocycles. The van der Waals surface area contributed by atoms with Crippen molar-refractivity contribution in [2.24, 2.45) is 0 Å². The number of aliphatic hydroxyl groups excluding tert-OH is 1. The summed E-state index contributed by atoms with van der Waals surface area (Å²) in [6, 6.07) is 15.1. The molecule has 2 aromatic rings. The highest BCUT2D eigenvalue weighted by Crippen LogP contribution is 2.21. The molecule has 18 heavy (non-hydrogen) atoms. The number of carbonyl (C=O) groups is 1. The highest BCUT2D eigenvalue weighted by Gasteiger charge is 2.14. The van der Waals surface area contributed by atoms with E-state index < -0.39 is 6.10 Å². The Kier molecular flexibility index (Phi) is 3.75. The number of benzene rings is 2. The quantitative estimate of drug-likeness (QED) is 0.810. The lowest BCUT2D eigenvalue weighted by atomic mass is 10.0. The fourth-order valence-electron chi connectivity index (χ4n) is 1.73. The Balaban J connectivity index is 2.06. The van der Waals surface area contributed by atoms with Gasteiger partial charge in [-0.05, 0) is 17.7 Å². The first-order chi connectivity index (χ1) is 8.66. The van der Waals surface area contributed by atoms with E-state index in [1.54, 1.807) is 36.4 Å². The maximum Gasteiger partial charge on any atom is 0.165 e. The van der Waals surface area contributed by atoms with Gasteiger partial charge < -0.3 is 10.2 Å². The molecule has 0 aliphatic carbocycles. The second-order valence-corrected chi connectivity index (χ2v) is 4.10. The van der Waals surface area contributed by atoms with Crippen molar-refractivity contribution >= 4 is 5.78 Å². The van der Waals surface area contributed by atoms with Crippen molar-refractivity contribution in [3.05, 3.63) is 65.7 Å². The number of aromatic hydroxyl groups is 1. The van der Waals surface area contributed by atoms with Gasteiger partial charge in [-0.3, -0.25) is 4.79 Å². The molecule has 2 aromatic carbocycles. The standard InChI is InChI=1S/C15H14O3/c16-13-8-6-12(7-9-13)15(18)10-14(17)11-4-2-1-3-5-11/h1-9,15-16,18H,10H2. The predicted octanol–water partition coefficient (Wildman–Crippen LogP) is 2.70. The molecule has 3 heteroatoms. The van der Waals surface area contributed by atoms with Crippen LogP contribution in [-0.4, -0.2) is 16.0 Å². The first-order valence-corrected chi connectivity index (χ1v) is 5.72. The van der Waals surface area contributed by atoms with Crippen molar-refractivity contribution < 1.29 is 15.0 Å². The summed E-state index contributed by atoms with van der Waals surface area (Å²) >= 11 is 0. The Morgan fingerprint density at radius 3 is 2.22 bits per heavy atom. The Hall–Kier alpha value is -2.13. The van der Waals surface area contributed by atoms with Gasteiger partial charge in [-0.25, -0.2) is 0 Å². The maximum atomic E-state index is 11.9. The van der Waals surface area contributed by atoms with E-state index in [4.69, 9.17) is 5.11 Å². The van der Waals surface area contributed by atoms with E-state index in [0.29, 0.717) is 11.1 Å². The molecule has 0 heterocycles. The summed E-state index contributed by atoms with van der Waals surface area (Å²) in [4.78, 5) is 11.9. The summed E-state index contributed by atoms with van der Waals surface area (Å²) in [5.41, 5.74) is 1.22. The average molecular weight is 242 g/mol. The zero-order chi connectivity index (χ0) is 13.0. The molecule has 0 aliphatic heterocycles. The number of rotatable bonds is 4. The maximum absolute atomic E-state index is 11.9. The van der Waals surface area contributed by atoms with Crippen molar-refractivity contribution in [1.29, 1.82) is 0 Å². The lowest BCUT2D eigenvalue weighted by Crippen LogP contribution is -2.06. The number of phenols is 1. The molecule has 1 unspecified atom stereocenters. The molecular weight excluding hydrogens is 228 g/mol. The lowest BCUT2D eigenvalue weighted by Gasteiger charge is -2.10. The van der Waals surface area contributed by atoms with Crippen molar-refractivity contribution in [1.82, 2.24) is 0 Å². The minimum absolute atomic E-state index is 0.0365. The van der Waals surface area contributed by atoms with E-state index in [0.717, 1.165) is 0 Å². The molecule has 0 radical (unpaired) electrons. The number of hydrogen-bond acceptors (Lipinski definition) is 3. The van der Waals surface area contributed by atoms with Gasteiger partial charge in [0.15, 0.2) is 5.78 Å². The second kappa shape index (κ2) is 5.47. The number of Topliss-reactive ketones (excluding diaryl/α,β-unsaturated/α-hetero) is 1. The largest absolute Gasteiger partial charge is 0.508 e. The second-order valence-electron chi connectivity index (χ2n) is 4.10. The van der Waals surface area contributed by atoms with Crippen LogP contribution >= 0.6 is 0 Å². The van der Waals surface area contributed by atoms with Gasteiger partial charge in [0.25, 0.3) is 0 Å². The van der Waals surface area contributed by atoms with E-state index in [-0.39, 0.29) is 18.0 Å². The topological polar surface area (TPSA) is 57.5 Å². The monoisotopic (exact) mass is 242 g/mol. The summed E-state index contributed by atoms with van der Waals surface area (Å²) in [5.74, 6) is 0.0384. The molecule has 1 atom stereocenters. The first kappa shape index (κ1) is 12.3. The van der Waals surface area contributed by atoms with Crippen LogP contribution in [0.25, 0.3) is 0 Å². The van der Waals surface area contributed by atoms with Gasteiger partial charge in [-0.15, -0.1) is 0 Å². The molecule has 2 N–H and O–H groups in total. The third-order valence-corrected chi connectivity index (χ3v) is 2.75. The van der Waals surface area contributed by atoms with Crippen molar-refractivity contribution in [3.63, 3.8) is 0 Å². The van der Waals surface area contributed by atoms with Crippen LogP contribution in [0.2, 0.25) is 0 Å². The van der Waals surface area contributed by atoms with Gasteiger partial charge in [0, 0.05) is 12.0 Å². The average Bonchev–Trinajstić information content (AvgIpc) is 2.40. The Morgan fingerprint density at radius 1 is 1.00 bits per heavy atom. The first-order valence-electron chi connectivity index (χ1n) is 5.72. The molecule has 0 spiro atoms. The third-order valence-electron chi connectivity index (χ3n) is 2.75. The molecule has 0 fully saturated rings. The van der Waals surface area contributed by atoms with Crippen molar-refractivity contribution in [2.75, 3.05) is 0 Å². The van der Waals surface area contributed by atoms with Crippen LogP contribution in [0.4, 0.5) is 0 Å². The Labute approximate surface area is 105 Å². The number of hydrogen-bond donors (Lipinski definition) is 2. The van der Waals surface area contributed by atoms with Crippen LogP contribution in [-0.2, 0) is 0 Å². The van der Waals surface area contributed by atoms with Crippen molar-refractivity contribution in [3.8, 4) is 5.75 Å². The van der Waals surface area contributed by atoms with Gasteiger partial charge in [0.05, 0.1) is 6.10 Å². The molecule has 92 valence electrons. The van der Waals surface area contributed by atoms with Crippen LogP contribution < -0.4 is 0 Å². The number of ketones is 1. The van der Waals surface area contributed by atoms with Crippen LogP contribution in [0, 0.1) is 0 Å². The molecular formula is C15H14O3. The van der Waals surface area contributed by atoms with Gasteiger partial charge in [0.2, 0.25) is 0 Å². The summed E-state index contributed by atoms with van der Waals surface area (Å²) < 4.78 is 0. The SMILES string of the molecule is O=C(CC(O)c1ccc(O)cc1)c1ccccc1. The van der Waals surface area contributed by atoms with Crippen LogP contribution in [0.1, 0.15) is 28.4 Å². The predicted molar refractivity (Wildman–Crippen MR) is 68.5 cm³/mol. The van der Waals surface area contributed by atoms with E-state index in [2.05, 4.69) is 0 Å². The van der Waals surface area contributed by atoms with Gasteiger partial charge in [-0.2, -0.15) is 0 Å². The molecule has 0 bridgehead atoms. The van der Waals surface area contributed by atoms with Crippen LogP contribution in [0.5, 0.6) is 5.75 Å². The molecule has 0 aliphatic rings. The fraction of sp³-hybridized carbons (Fsp3) is 0.133. The smallest absolute Gasteiger partial charge is 0.165 e. The van der Waals surface area contributed by atoms with E-state index >= 15 is 0 Å². The highest BCUT2D eigenvalue weighted by molar-refractivity contribution is 5.96. The Bertz CT molecular complexity index is 517. The molecule has 2 rings (SSSR count). The number of aliphatic hydroxyl groups is 1. The van der Waals surface area contributed by atoms with E-state index in [9.17, 15) is 9.90 Å². The zero-order valence-electron chi connectivity index (χ0n) is 9.78. The minimum Gasteiger partial charge on any atom is -0.508 e. The zero-order valence-corrected chi connectivity index (χ0v) is 9.78. The number of phenolic OH excluding ortho intramolecular Hbond substituents is 1. The molecule has 0 saturated heterocycles. The Morgan fingerprint density at radius 2 is 1.61 bits per heavy atom. The summed E-state index contributed by atoms with van der Waals surface area (Å²) in [6.07, 6.45) is -0.812. The number of carbonyl (C=O) groups excluding carboxylic acids is 1. The van der Waals surface area contributed by atoms with Gasteiger partial charge in [0.1, 0.15) is 5.75 Å². The normalized spacial score (nSPS) is 12.1. The van der Waals surface area contributed by atoms with Crippen LogP contribution in [0.15, 0.2) is 54.6 Å². The fourth-order valence-corrected chi connectivity index (χ4v) is 1.73.